The summed E-state index contributed by atoms with van der Waals surface area (Å²) in [6.07, 6.45) is -0.435. The Morgan fingerprint density at radius 2 is 2.05 bits per heavy atom. The van der Waals surface area contributed by atoms with Gasteiger partial charge in [0.25, 0.3) is 0 Å². The van der Waals surface area contributed by atoms with Gasteiger partial charge in [-0.15, -0.1) is 0 Å². The van der Waals surface area contributed by atoms with E-state index in [1.54, 1.807) is 0 Å². The molecule has 0 aliphatic carbocycles. The average Bonchev–Trinajstić information content (AvgIpc) is 2.40. The largest absolute Gasteiger partial charge is 0.435 e. The summed E-state index contributed by atoms with van der Waals surface area (Å²) in [7, 11) is 0. The third-order valence-corrected chi connectivity index (χ3v) is 3.32. The third kappa shape index (κ3) is 4.95. The second kappa shape index (κ2) is 7.33. The lowest BCUT2D eigenvalue weighted by Crippen LogP contribution is -2.44. The highest BCUT2D eigenvalue weighted by Crippen LogP contribution is 2.19. The Balaban J connectivity index is 1.76. The summed E-state index contributed by atoms with van der Waals surface area (Å²) >= 11 is 0. The number of halogens is 2. The molecule has 116 valence electrons. The van der Waals surface area contributed by atoms with Gasteiger partial charge in [0.15, 0.2) is 0 Å². The van der Waals surface area contributed by atoms with E-state index in [1.165, 1.54) is 24.3 Å². The molecule has 21 heavy (non-hydrogen) atoms. The number of carbonyl (C=O) groups excluding carboxylic acids is 1. The van der Waals surface area contributed by atoms with E-state index in [0.717, 1.165) is 13.1 Å². The lowest BCUT2D eigenvalue weighted by Gasteiger charge is -2.26. The number of rotatable bonds is 7. The minimum atomic E-state index is -2.87. The van der Waals surface area contributed by atoms with Crippen molar-refractivity contribution in [3.8, 4) is 5.75 Å². The predicted molar refractivity (Wildman–Crippen MR) is 72.0 cm³/mol. The van der Waals surface area contributed by atoms with E-state index in [4.69, 9.17) is 0 Å². The zero-order chi connectivity index (χ0) is 15.2. The van der Waals surface area contributed by atoms with Crippen molar-refractivity contribution < 1.29 is 23.4 Å². The number of carbonyl (C=O) groups is 1. The van der Waals surface area contributed by atoms with Gasteiger partial charge >= 0.3 is 6.61 Å². The van der Waals surface area contributed by atoms with Crippen LogP contribution in [0.3, 0.4) is 0 Å². The number of alkyl halides is 2. The summed E-state index contributed by atoms with van der Waals surface area (Å²) in [5.41, 5.74) is 0.530. The van der Waals surface area contributed by atoms with Gasteiger partial charge in [0.1, 0.15) is 5.75 Å². The van der Waals surface area contributed by atoms with E-state index >= 15 is 0 Å². The Kier molecular flexibility index (Phi) is 5.46. The van der Waals surface area contributed by atoms with Crippen molar-refractivity contribution in [1.29, 1.82) is 0 Å². The van der Waals surface area contributed by atoms with Gasteiger partial charge in [-0.2, -0.15) is 8.78 Å². The maximum atomic E-state index is 12.0. The Bertz CT molecular complexity index is 464. The summed E-state index contributed by atoms with van der Waals surface area (Å²) in [6.45, 7) is -1.09. The average molecular weight is 300 g/mol. The number of aliphatic hydroxyl groups is 1. The Morgan fingerprint density at radius 1 is 1.38 bits per heavy atom. The van der Waals surface area contributed by atoms with Crippen molar-refractivity contribution in [1.82, 2.24) is 10.6 Å². The molecule has 1 aromatic carbocycles. The summed E-state index contributed by atoms with van der Waals surface area (Å²) in [5, 5.41) is 15.7. The molecule has 3 N–H and O–H groups in total. The van der Waals surface area contributed by atoms with Crippen molar-refractivity contribution in [3.63, 3.8) is 0 Å². The zero-order valence-corrected chi connectivity index (χ0v) is 11.4. The minimum Gasteiger partial charge on any atom is -0.435 e. The van der Waals surface area contributed by atoms with E-state index in [2.05, 4.69) is 15.4 Å². The van der Waals surface area contributed by atoms with Crippen LogP contribution < -0.4 is 15.4 Å². The highest BCUT2D eigenvalue weighted by atomic mass is 19.3. The fourth-order valence-corrected chi connectivity index (χ4v) is 2.03. The molecule has 0 radical (unpaired) electrons. The summed E-state index contributed by atoms with van der Waals surface area (Å²) in [4.78, 5) is 11.6. The molecule has 1 fully saturated rings. The van der Waals surface area contributed by atoms with Crippen LogP contribution in [-0.4, -0.2) is 37.3 Å². The highest BCUT2D eigenvalue weighted by molar-refractivity contribution is 5.76. The van der Waals surface area contributed by atoms with E-state index in [1.807, 2.05) is 0 Å². The van der Waals surface area contributed by atoms with Crippen LogP contribution in [-0.2, 0) is 4.79 Å². The standard InChI is InChI=1S/C14H18F2N2O3/c15-14(16)21-11-3-1-10(2-4-11)12(19)8-18-13(20)5-9-6-17-7-9/h1-4,9,12,14,17,19H,5-8H2,(H,18,20). The van der Waals surface area contributed by atoms with Crippen molar-refractivity contribution in [3.05, 3.63) is 29.8 Å². The van der Waals surface area contributed by atoms with Gasteiger partial charge in [0.05, 0.1) is 6.10 Å². The summed E-state index contributed by atoms with van der Waals surface area (Å²) in [6, 6.07) is 5.69. The molecular weight excluding hydrogens is 282 g/mol. The molecule has 0 saturated carbocycles. The normalized spacial score (nSPS) is 16.4. The molecule has 1 atom stereocenters. The van der Waals surface area contributed by atoms with Crippen molar-refractivity contribution in [2.45, 2.75) is 19.1 Å². The fourth-order valence-electron chi connectivity index (χ4n) is 2.03. The quantitative estimate of drug-likeness (QED) is 0.704. The Morgan fingerprint density at radius 3 is 2.57 bits per heavy atom. The molecular formula is C14H18F2N2O3. The first kappa shape index (κ1) is 15.7. The summed E-state index contributed by atoms with van der Waals surface area (Å²) < 4.78 is 28.2. The number of nitrogens with one attached hydrogen (secondary N) is 2. The number of ether oxygens (including phenoxy) is 1. The molecule has 1 aromatic rings. The first-order valence-corrected chi connectivity index (χ1v) is 6.75. The van der Waals surface area contributed by atoms with Gasteiger partial charge < -0.3 is 20.5 Å². The van der Waals surface area contributed by atoms with Crippen LogP contribution in [0.1, 0.15) is 18.1 Å². The predicted octanol–water partition coefficient (Wildman–Crippen LogP) is 1.05. The molecule has 1 amide bonds. The monoisotopic (exact) mass is 300 g/mol. The maximum absolute atomic E-state index is 12.0. The molecule has 5 nitrogen and oxygen atoms in total. The molecule has 0 spiro atoms. The number of hydrogen-bond donors (Lipinski definition) is 3. The number of amides is 1. The summed E-state index contributed by atoms with van der Waals surface area (Å²) in [5.74, 6) is 0.300. The van der Waals surface area contributed by atoms with Crippen LogP contribution in [0.5, 0.6) is 5.75 Å². The lowest BCUT2D eigenvalue weighted by atomic mass is 9.99. The third-order valence-electron chi connectivity index (χ3n) is 3.32. The van der Waals surface area contributed by atoms with Crippen LogP contribution in [0.2, 0.25) is 0 Å². The van der Waals surface area contributed by atoms with Crippen LogP contribution in [0.25, 0.3) is 0 Å². The fraction of sp³-hybridized carbons (Fsp3) is 0.500. The highest BCUT2D eigenvalue weighted by Gasteiger charge is 2.20. The second-order valence-electron chi connectivity index (χ2n) is 5.00. The van der Waals surface area contributed by atoms with Gasteiger partial charge in [-0.25, -0.2) is 0 Å². The van der Waals surface area contributed by atoms with Crippen LogP contribution in [0, 0.1) is 5.92 Å². The molecule has 0 bridgehead atoms. The Labute approximate surface area is 121 Å². The maximum Gasteiger partial charge on any atom is 0.387 e. The molecule has 1 heterocycles. The van der Waals surface area contributed by atoms with Crippen molar-refractivity contribution >= 4 is 5.91 Å². The molecule has 1 unspecified atom stereocenters. The van der Waals surface area contributed by atoms with E-state index in [0.29, 0.717) is 17.9 Å². The number of hydrogen-bond acceptors (Lipinski definition) is 4. The second-order valence-corrected chi connectivity index (χ2v) is 5.00. The zero-order valence-electron chi connectivity index (χ0n) is 11.4. The van der Waals surface area contributed by atoms with Gasteiger partial charge in [-0.3, -0.25) is 4.79 Å². The van der Waals surface area contributed by atoms with Crippen LogP contribution >= 0.6 is 0 Å². The molecule has 7 heteroatoms. The van der Waals surface area contributed by atoms with Gasteiger partial charge in [0.2, 0.25) is 5.91 Å². The van der Waals surface area contributed by atoms with Crippen LogP contribution in [0.15, 0.2) is 24.3 Å². The van der Waals surface area contributed by atoms with Crippen LogP contribution in [0.4, 0.5) is 8.78 Å². The van der Waals surface area contributed by atoms with E-state index in [-0.39, 0.29) is 18.2 Å². The van der Waals surface area contributed by atoms with Crippen molar-refractivity contribution in [2.75, 3.05) is 19.6 Å². The van der Waals surface area contributed by atoms with Gasteiger partial charge in [-0.05, 0) is 36.7 Å². The SMILES string of the molecule is O=C(CC1CNC1)NCC(O)c1ccc(OC(F)F)cc1. The molecule has 2 rings (SSSR count). The number of benzene rings is 1. The van der Waals surface area contributed by atoms with Gasteiger partial charge in [0, 0.05) is 13.0 Å². The first-order chi connectivity index (χ1) is 10.0. The van der Waals surface area contributed by atoms with Crippen molar-refractivity contribution in [2.24, 2.45) is 5.92 Å². The molecule has 1 saturated heterocycles. The van der Waals surface area contributed by atoms with Gasteiger partial charge in [-0.1, -0.05) is 12.1 Å². The van der Waals surface area contributed by atoms with E-state index in [9.17, 15) is 18.7 Å². The molecule has 0 aromatic heterocycles. The topological polar surface area (TPSA) is 70.6 Å². The molecule has 1 aliphatic rings. The number of aliphatic hydroxyl groups excluding tert-OH is 1. The lowest BCUT2D eigenvalue weighted by molar-refractivity contribution is -0.122. The Hall–Kier alpha value is -1.73. The first-order valence-electron chi connectivity index (χ1n) is 6.75. The smallest absolute Gasteiger partial charge is 0.387 e. The minimum absolute atomic E-state index is 0.0301. The van der Waals surface area contributed by atoms with E-state index < -0.39 is 12.7 Å². The molecule has 1 aliphatic heterocycles.